The maximum atomic E-state index is 13.9. The van der Waals surface area contributed by atoms with Gasteiger partial charge in [0.15, 0.2) is 0 Å². The first-order chi connectivity index (χ1) is 31.1. The zero-order valence-electron chi connectivity index (χ0n) is 38.8. The number of carbonyl (C=O) groups excluding carboxylic acids is 7. The van der Waals surface area contributed by atoms with Crippen LogP contribution in [0.1, 0.15) is 104 Å². The van der Waals surface area contributed by atoms with Gasteiger partial charge in [-0.3, -0.25) is 38.4 Å². The zero-order chi connectivity index (χ0) is 49.9. The van der Waals surface area contributed by atoms with E-state index in [1.807, 2.05) is 30.3 Å². The number of nitrogens with two attached hydrogens (primary N) is 3. The smallest absolute Gasteiger partial charge is 0.326 e. The van der Waals surface area contributed by atoms with Gasteiger partial charge in [0, 0.05) is 6.42 Å². The average molecular weight is 935 g/mol. The number of benzene rings is 1. The van der Waals surface area contributed by atoms with Gasteiger partial charge in [-0.1, -0.05) is 58.0 Å². The van der Waals surface area contributed by atoms with E-state index in [4.69, 9.17) is 17.2 Å². The minimum absolute atomic E-state index is 0.0234. The van der Waals surface area contributed by atoms with E-state index in [2.05, 4.69) is 37.2 Å². The summed E-state index contributed by atoms with van der Waals surface area (Å²) in [5, 5.41) is 46.5. The number of aliphatic hydroxyl groups is 1. The van der Waals surface area contributed by atoms with Gasteiger partial charge in [0.2, 0.25) is 41.4 Å². The minimum Gasteiger partial charge on any atom is -0.481 e. The van der Waals surface area contributed by atoms with Gasteiger partial charge in [-0.2, -0.15) is 0 Å². The molecule has 1 aromatic rings. The summed E-state index contributed by atoms with van der Waals surface area (Å²) in [7, 11) is 0. The van der Waals surface area contributed by atoms with Gasteiger partial charge in [-0.25, -0.2) is 4.79 Å². The summed E-state index contributed by atoms with van der Waals surface area (Å²) in [5.41, 5.74) is 18.3. The highest BCUT2D eigenvalue weighted by Gasteiger charge is 2.34. The van der Waals surface area contributed by atoms with E-state index in [0.717, 1.165) is 5.56 Å². The molecule has 1 rings (SSSR count). The average Bonchev–Trinajstić information content (AvgIpc) is 3.25. The van der Waals surface area contributed by atoms with E-state index in [1.165, 1.54) is 6.92 Å². The molecule has 0 aliphatic heterocycles. The number of rotatable bonds is 33. The number of hydrogen-bond donors (Lipinski definition) is 13. The van der Waals surface area contributed by atoms with Gasteiger partial charge >= 0.3 is 11.9 Å². The van der Waals surface area contributed by atoms with Crippen LogP contribution in [0.4, 0.5) is 0 Å². The summed E-state index contributed by atoms with van der Waals surface area (Å²) in [4.78, 5) is 117. The van der Waals surface area contributed by atoms with E-state index < -0.39 is 121 Å². The molecule has 0 heterocycles. The van der Waals surface area contributed by atoms with Crippen molar-refractivity contribution in [1.29, 1.82) is 0 Å². The van der Waals surface area contributed by atoms with Crippen LogP contribution in [0.25, 0.3) is 0 Å². The van der Waals surface area contributed by atoms with Crippen LogP contribution in [0.3, 0.4) is 0 Å². The molecule has 0 saturated carbocycles. The van der Waals surface area contributed by atoms with Crippen LogP contribution in [0.5, 0.6) is 0 Å². The van der Waals surface area contributed by atoms with Crippen LogP contribution in [-0.4, -0.2) is 137 Å². The minimum atomic E-state index is -1.71. The molecule has 0 aromatic heterocycles. The number of hydrogen-bond acceptors (Lipinski definition) is 13. The molecule has 0 fully saturated rings. The molecular weight excluding hydrogens is 861 g/mol. The Hall–Kier alpha value is -5.71. The number of unbranched alkanes of at least 4 members (excludes halogenated alkanes) is 2. The Labute approximate surface area is 386 Å². The lowest BCUT2D eigenvalue weighted by Crippen LogP contribution is -2.60. The second kappa shape index (κ2) is 31.2. The summed E-state index contributed by atoms with van der Waals surface area (Å²) in [6, 6.07) is -1.31. The number of carboxylic acid groups (broad SMARTS) is 2. The van der Waals surface area contributed by atoms with Gasteiger partial charge in [0.1, 0.15) is 42.3 Å². The topological polar surface area (TPSA) is 377 Å². The monoisotopic (exact) mass is 935 g/mol. The first-order valence-electron chi connectivity index (χ1n) is 22.5. The third kappa shape index (κ3) is 23.0. The molecule has 16 N–H and O–H groups in total. The molecule has 0 saturated heterocycles. The summed E-state index contributed by atoms with van der Waals surface area (Å²) < 4.78 is 0. The number of aliphatic hydroxyl groups excluding tert-OH is 1. The fourth-order valence-corrected chi connectivity index (χ4v) is 6.65. The molecule has 372 valence electrons. The van der Waals surface area contributed by atoms with Crippen molar-refractivity contribution in [3.05, 3.63) is 35.9 Å². The molecule has 1 aromatic carbocycles. The van der Waals surface area contributed by atoms with E-state index >= 15 is 0 Å². The highest BCUT2D eigenvalue weighted by Crippen LogP contribution is 2.11. The molecule has 0 unspecified atom stereocenters. The summed E-state index contributed by atoms with van der Waals surface area (Å²) >= 11 is 0. The third-order valence-corrected chi connectivity index (χ3v) is 10.3. The molecule has 66 heavy (non-hydrogen) atoms. The van der Waals surface area contributed by atoms with Gasteiger partial charge in [0.05, 0.1) is 12.6 Å². The number of carboxylic acids is 2. The number of carbonyl (C=O) groups is 9. The van der Waals surface area contributed by atoms with E-state index in [0.29, 0.717) is 32.2 Å². The Kier molecular flexibility index (Phi) is 27.6. The van der Waals surface area contributed by atoms with E-state index in [1.54, 1.807) is 27.7 Å². The molecule has 8 atom stereocenters. The van der Waals surface area contributed by atoms with Crippen molar-refractivity contribution in [2.45, 2.75) is 154 Å². The summed E-state index contributed by atoms with van der Waals surface area (Å²) in [6.07, 6.45) is 1.43. The van der Waals surface area contributed by atoms with Gasteiger partial charge in [-0.15, -0.1) is 0 Å². The fraction of sp³-hybridized carbons (Fsp3) is 0.659. The predicted octanol–water partition coefficient (Wildman–Crippen LogP) is -1.74. The maximum Gasteiger partial charge on any atom is 0.326 e. The third-order valence-electron chi connectivity index (χ3n) is 10.3. The summed E-state index contributed by atoms with van der Waals surface area (Å²) in [6.45, 7) is 8.01. The Morgan fingerprint density at radius 3 is 1.41 bits per heavy atom. The van der Waals surface area contributed by atoms with Crippen molar-refractivity contribution in [3.63, 3.8) is 0 Å². The fourth-order valence-electron chi connectivity index (χ4n) is 6.65. The Morgan fingerprint density at radius 2 is 0.924 bits per heavy atom. The van der Waals surface area contributed by atoms with E-state index in [-0.39, 0.29) is 50.5 Å². The van der Waals surface area contributed by atoms with Crippen molar-refractivity contribution in [3.8, 4) is 0 Å². The highest BCUT2D eigenvalue weighted by molar-refractivity contribution is 5.97. The number of amides is 7. The van der Waals surface area contributed by atoms with Crippen molar-refractivity contribution in [1.82, 2.24) is 37.2 Å². The van der Waals surface area contributed by atoms with Crippen molar-refractivity contribution in [2.24, 2.45) is 29.0 Å². The molecule has 0 aliphatic rings. The second-order valence-corrected chi connectivity index (χ2v) is 17.2. The van der Waals surface area contributed by atoms with Crippen LogP contribution in [0.2, 0.25) is 0 Å². The van der Waals surface area contributed by atoms with Crippen LogP contribution in [-0.2, 0) is 49.6 Å². The quantitative estimate of drug-likeness (QED) is 0.0348. The van der Waals surface area contributed by atoms with Gasteiger partial charge < -0.3 is 69.7 Å². The van der Waals surface area contributed by atoms with Crippen LogP contribution < -0.4 is 54.4 Å². The molecule has 0 spiro atoms. The van der Waals surface area contributed by atoms with Crippen LogP contribution in [0.15, 0.2) is 30.3 Å². The maximum absolute atomic E-state index is 13.9. The predicted molar refractivity (Wildman–Crippen MR) is 244 cm³/mol. The molecular formula is C44H74N10O12. The largest absolute Gasteiger partial charge is 0.481 e. The van der Waals surface area contributed by atoms with Crippen molar-refractivity contribution >= 4 is 53.3 Å². The standard InChI is InChI=1S/C44H74N10O12/c1-25(2)21-33(42(63)54-35(24-55)43(64)51-32(17-18-36(56)57)41(62)53-34(44(65)66)22-26(3)4)52-40(61)31(16-10-12-20-46)49-37(58)27(5)48-39(60)30(15-9-11-19-45)50-38(59)29(47)23-28-13-7-6-8-14-28/h6-8,13-14,25-27,29-35,55H,9-12,15-24,45-47H2,1-5H3,(H,48,60)(H,49,58)(H,50,59)(H,51,64)(H,52,61)(H,53,62)(H,54,63)(H,56,57)(H,65,66)/t27-,29-,30-,31-,32-,33-,34-,35-/m0/s1. The van der Waals surface area contributed by atoms with Gasteiger partial charge in [0.25, 0.3) is 0 Å². The highest BCUT2D eigenvalue weighted by atomic mass is 16.4. The molecule has 0 radical (unpaired) electrons. The molecule has 7 amide bonds. The molecule has 0 bridgehead atoms. The molecule has 22 heteroatoms. The first kappa shape index (κ1) is 58.3. The molecule has 0 aliphatic carbocycles. The summed E-state index contributed by atoms with van der Waals surface area (Å²) in [5.74, 6) is -8.80. The Balaban J connectivity index is 3.20. The van der Waals surface area contributed by atoms with Gasteiger partial charge in [-0.05, 0) is 102 Å². The Morgan fingerprint density at radius 1 is 0.515 bits per heavy atom. The van der Waals surface area contributed by atoms with Crippen molar-refractivity contribution in [2.75, 3.05) is 19.7 Å². The van der Waals surface area contributed by atoms with Crippen LogP contribution >= 0.6 is 0 Å². The lowest BCUT2D eigenvalue weighted by molar-refractivity contribution is -0.143. The lowest BCUT2D eigenvalue weighted by atomic mass is 10.0. The second-order valence-electron chi connectivity index (χ2n) is 17.2. The Bertz CT molecular complexity index is 1730. The number of nitrogens with one attached hydrogen (secondary N) is 7. The zero-order valence-corrected chi connectivity index (χ0v) is 38.8. The SMILES string of the molecule is CC(C)C[C@H](NC(=O)[C@H](CCC(=O)O)NC(=O)[C@H](CO)NC(=O)[C@H](CC(C)C)NC(=O)[C@H](CCCCN)NC(=O)[C@H](C)NC(=O)[C@H](CCCCN)NC(=O)[C@@H](N)Cc1ccccc1)C(=O)O. The normalized spacial score (nSPS) is 14.8. The van der Waals surface area contributed by atoms with E-state index in [9.17, 15) is 58.5 Å². The lowest BCUT2D eigenvalue weighted by Gasteiger charge is -2.27. The molecule has 22 nitrogen and oxygen atoms in total. The van der Waals surface area contributed by atoms with Crippen LogP contribution in [0, 0.1) is 11.8 Å². The van der Waals surface area contributed by atoms with Crippen molar-refractivity contribution < 1.29 is 58.5 Å². The number of aliphatic carboxylic acids is 2. The first-order valence-corrected chi connectivity index (χ1v) is 22.5.